The van der Waals surface area contributed by atoms with Crippen molar-refractivity contribution in [2.24, 2.45) is 0 Å². The van der Waals surface area contributed by atoms with E-state index in [-0.39, 0.29) is 16.3 Å². The van der Waals surface area contributed by atoms with E-state index >= 15 is 0 Å². The molecule has 0 saturated carbocycles. The summed E-state index contributed by atoms with van der Waals surface area (Å²) in [5.41, 5.74) is -0.297. The van der Waals surface area contributed by atoms with Crippen molar-refractivity contribution in [2.75, 3.05) is 11.9 Å². The van der Waals surface area contributed by atoms with Gasteiger partial charge in [0.25, 0.3) is 5.91 Å². The van der Waals surface area contributed by atoms with Crippen molar-refractivity contribution in [3.8, 4) is 5.75 Å². The van der Waals surface area contributed by atoms with Crippen molar-refractivity contribution < 1.29 is 24.4 Å². The number of carboxylic acid groups (broad SMARTS) is 1. The number of nitro groups is 1. The highest BCUT2D eigenvalue weighted by Gasteiger charge is 2.19. The summed E-state index contributed by atoms with van der Waals surface area (Å²) >= 11 is 11.6. The first-order valence-corrected chi connectivity index (χ1v) is 7.43. The van der Waals surface area contributed by atoms with Crippen molar-refractivity contribution in [1.29, 1.82) is 0 Å². The van der Waals surface area contributed by atoms with Crippen LogP contribution in [0, 0.1) is 10.1 Å². The molecule has 0 aliphatic rings. The average molecular weight is 385 g/mol. The molecule has 0 unspecified atom stereocenters. The number of nitrogens with one attached hydrogen (secondary N) is 1. The summed E-state index contributed by atoms with van der Waals surface area (Å²) in [5.74, 6) is -2.22. The van der Waals surface area contributed by atoms with E-state index in [0.29, 0.717) is 10.7 Å². The van der Waals surface area contributed by atoms with Gasteiger partial charge in [-0.2, -0.15) is 0 Å². The molecule has 25 heavy (non-hydrogen) atoms. The number of anilines is 1. The molecular formula is C15H10Cl2N2O6. The molecule has 2 rings (SSSR count). The summed E-state index contributed by atoms with van der Waals surface area (Å²) in [7, 11) is 0. The number of halogens is 2. The molecule has 0 aromatic heterocycles. The number of nitro benzene ring substituents is 1. The van der Waals surface area contributed by atoms with Crippen LogP contribution in [0.5, 0.6) is 5.75 Å². The first-order chi connectivity index (χ1) is 11.8. The first-order valence-electron chi connectivity index (χ1n) is 6.67. The molecule has 10 heteroatoms. The summed E-state index contributed by atoms with van der Waals surface area (Å²) in [5, 5.41) is 22.9. The van der Waals surface area contributed by atoms with Crippen molar-refractivity contribution in [1.82, 2.24) is 0 Å². The second kappa shape index (κ2) is 7.82. The SMILES string of the molecule is O=C(COc1cc(C(=O)O)ccc1[N+](=O)[O-])Nc1ccc(Cl)c(Cl)c1. The molecule has 0 fully saturated rings. The average Bonchev–Trinajstić information content (AvgIpc) is 2.55. The van der Waals surface area contributed by atoms with Crippen LogP contribution in [-0.4, -0.2) is 28.5 Å². The van der Waals surface area contributed by atoms with Crippen LogP contribution in [0.4, 0.5) is 11.4 Å². The van der Waals surface area contributed by atoms with Crippen molar-refractivity contribution in [2.45, 2.75) is 0 Å². The Morgan fingerprint density at radius 3 is 2.48 bits per heavy atom. The van der Waals surface area contributed by atoms with Crippen LogP contribution >= 0.6 is 23.2 Å². The number of hydrogen-bond acceptors (Lipinski definition) is 5. The molecule has 2 N–H and O–H groups in total. The van der Waals surface area contributed by atoms with Crippen molar-refractivity contribution in [3.05, 3.63) is 62.1 Å². The zero-order valence-electron chi connectivity index (χ0n) is 12.4. The van der Waals surface area contributed by atoms with Gasteiger partial charge in [-0.05, 0) is 24.3 Å². The normalized spacial score (nSPS) is 10.2. The number of carboxylic acids is 1. The van der Waals surface area contributed by atoms with E-state index in [1.807, 2.05) is 0 Å². The van der Waals surface area contributed by atoms with Crippen LogP contribution in [0.1, 0.15) is 10.4 Å². The summed E-state index contributed by atoms with van der Waals surface area (Å²) in [6.45, 7) is -0.565. The Balaban J connectivity index is 2.10. The second-order valence-corrected chi connectivity index (χ2v) is 5.52. The number of hydrogen-bond donors (Lipinski definition) is 2. The van der Waals surface area contributed by atoms with Gasteiger partial charge >= 0.3 is 11.7 Å². The molecule has 1 amide bonds. The lowest BCUT2D eigenvalue weighted by Gasteiger charge is -2.09. The lowest BCUT2D eigenvalue weighted by Crippen LogP contribution is -2.20. The molecule has 0 heterocycles. The van der Waals surface area contributed by atoms with Gasteiger partial charge in [-0.15, -0.1) is 0 Å². The van der Waals surface area contributed by atoms with Crippen LogP contribution in [0.15, 0.2) is 36.4 Å². The molecule has 0 radical (unpaired) electrons. The zero-order valence-corrected chi connectivity index (χ0v) is 13.9. The lowest BCUT2D eigenvalue weighted by molar-refractivity contribution is -0.385. The number of aromatic carboxylic acids is 1. The minimum Gasteiger partial charge on any atom is -0.478 e. The lowest BCUT2D eigenvalue weighted by atomic mass is 10.2. The number of nitrogens with zero attached hydrogens (tertiary/aromatic N) is 1. The number of amides is 1. The topological polar surface area (TPSA) is 119 Å². The van der Waals surface area contributed by atoms with Gasteiger partial charge in [-0.25, -0.2) is 4.79 Å². The van der Waals surface area contributed by atoms with Crippen LogP contribution in [0.2, 0.25) is 10.0 Å². The third kappa shape index (κ3) is 4.82. The highest BCUT2D eigenvalue weighted by Crippen LogP contribution is 2.28. The number of carbonyl (C=O) groups is 2. The number of carbonyl (C=O) groups excluding carboxylic acids is 1. The highest BCUT2D eigenvalue weighted by molar-refractivity contribution is 6.42. The minimum absolute atomic E-state index is 0.203. The molecule has 8 nitrogen and oxygen atoms in total. The molecule has 0 saturated heterocycles. The fourth-order valence-electron chi connectivity index (χ4n) is 1.83. The zero-order chi connectivity index (χ0) is 18.6. The van der Waals surface area contributed by atoms with Crippen molar-refractivity contribution >= 4 is 46.5 Å². The summed E-state index contributed by atoms with van der Waals surface area (Å²) < 4.78 is 5.10. The van der Waals surface area contributed by atoms with E-state index in [1.54, 1.807) is 0 Å². The maximum atomic E-state index is 11.9. The van der Waals surface area contributed by atoms with Gasteiger partial charge in [0.05, 0.1) is 20.5 Å². The molecule has 0 spiro atoms. The summed E-state index contributed by atoms with van der Waals surface area (Å²) in [6.07, 6.45) is 0. The smallest absolute Gasteiger partial charge is 0.335 e. The third-order valence-corrected chi connectivity index (χ3v) is 3.70. The van der Waals surface area contributed by atoms with E-state index < -0.39 is 29.1 Å². The number of ether oxygens (including phenoxy) is 1. The predicted octanol–water partition coefficient (Wildman–Crippen LogP) is 3.62. The highest BCUT2D eigenvalue weighted by atomic mass is 35.5. The maximum absolute atomic E-state index is 11.9. The molecule has 0 bridgehead atoms. The van der Waals surface area contributed by atoms with E-state index in [4.69, 9.17) is 33.0 Å². The Labute approximate surface area is 151 Å². The molecule has 130 valence electrons. The van der Waals surface area contributed by atoms with E-state index in [2.05, 4.69) is 5.32 Å². The number of rotatable bonds is 6. The van der Waals surface area contributed by atoms with Crippen LogP contribution in [0.3, 0.4) is 0 Å². The van der Waals surface area contributed by atoms with Crippen LogP contribution in [0.25, 0.3) is 0 Å². The maximum Gasteiger partial charge on any atom is 0.335 e. The Morgan fingerprint density at radius 1 is 1.16 bits per heavy atom. The second-order valence-electron chi connectivity index (χ2n) is 4.71. The molecular weight excluding hydrogens is 375 g/mol. The quantitative estimate of drug-likeness (QED) is 0.579. The molecule has 0 aliphatic heterocycles. The van der Waals surface area contributed by atoms with E-state index in [1.165, 1.54) is 18.2 Å². The van der Waals surface area contributed by atoms with Gasteiger partial charge < -0.3 is 15.2 Å². The minimum atomic E-state index is -1.28. The molecule has 0 aliphatic carbocycles. The molecule has 2 aromatic carbocycles. The number of benzene rings is 2. The van der Waals surface area contributed by atoms with Gasteiger partial charge in [-0.1, -0.05) is 23.2 Å². The molecule has 2 aromatic rings. The van der Waals surface area contributed by atoms with E-state index in [9.17, 15) is 19.7 Å². The Morgan fingerprint density at radius 2 is 1.88 bits per heavy atom. The van der Waals surface area contributed by atoms with E-state index in [0.717, 1.165) is 18.2 Å². The van der Waals surface area contributed by atoms with Gasteiger partial charge in [0.15, 0.2) is 12.4 Å². The van der Waals surface area contributed by atoms with Crippen LogP contribution < -0.4 is 10.1 Å². The Bertz CT molecular complexity index is 856. The van der Waals surface area contributed by atoms with Crippen molar-refractivity contribution in [3.63, 3.8) is 0 Å². The summed E-state index contributed by atoms with van der Waals surface area (Å²) in [6, 6.07) is 7.47. The Kier molecular flexibility index (Phi) is 5.79. The first kappa shape index (κ1) is 18.5. The molecule has 0 atom stereocenters. The fourth-order valence-corrected chi connectivity index (χ4v) is 2.13. The third-order valence-electron chi connectivity index (χ3n) is 2.97. The predicted molar refractivity (Wildman–Crippen MR) is 90.6 cm³/mol. The largest absolute Gasteiger partial charge is 0.478 e. The monoisotopic (exact) mass is 384 g/mol. The van der Waals surface area contributed by atoms with Crippen LogP contribution in [-0.2, 0) is 4.79 Å². The summed E-state index contributed by atoms with van der Waals surface area (Å²) in [4.78, 5) is 33.0. The fraction of sp³-hybridized carbons (Fsp3) is 0.0667. The van der Waals surface area contributed by atoms with Gasteiger partial charge in [0, 0.05) is 17.8 Å². The van der Waals surface area contributed by atoms with Gasteiger partial charge in [-0.3, -0.25) is 14.9 Å². The standard InChI is InChI=1S/C15H10Cl2N2O6/c16-10-3-2-9(6-11(10)17)18-14(20)7-25-13-5-8(15(21)22)1-4-12(13)19(23)24/h1-6H,7H2,(H,18,20)(H,21,22). The Hall–Kier alpha value is -2.84. The van der Waals surface area contributed by atoms with Gasteiger partial charge in [0.2, 0.25) is 0 Å². The van der Waals surface area contributed by atoms with Gasteiger partial charge in [0.1, 0.15) is 0 Å².